The van der Waals surface area contributed by atoms with Crippen LogP contribution in [0.25, 0.3) is 0 Å². The van der Waals surface area contributed by atoms with E-state index in [0.29, 0.717) is 29.5 Å². The lowest BCUT2D eigenvalue weighted by Crippen LogP contribution is -2.51. The van der Waals surface area contributed by atoms with Crippen LogP contribution in [0.5, 0.6) is 0 Å². The minimum atomic E-state index is -0.236. The summed E-state index contributed by atoms with van der Waals surface area (Å²) >= 11 is 5.84. The average molecular weight is 314 g/mol. The molecular formula is C14H20ClN3O3. The number of carbonyl (C=O) groups excluding carboxylic acids is 1. The van der Waals surface area contributed by atoms with Crippen molar-refractivity contribution in [2.24, 2.45) is 0 Å². The van der Waals surface area contributed by atoms with Crippen LogP contribution in [0.4, 0.5) is 11.4 Å². The molecule has 116 valence electrons. The fraction of sp³-hybridized carbons (Fsp3) is 0.500. The number of aliphatic hydroxyl groups excluding tert-OH is 1. The summed E-state index contributed by atoms with van der Waals surface area (Å²) in [5.74, 6) is -0.137. The Kier molecular flexibility index (Phi) is 5.41. The third-order valence-corrected chi connectivity index (χ3v) is 3.81. The van der Waals surface area contributed by atoms with Crippen molar-refractivity contribution in [2.75, 3.05) is 37.4 Å². The highest BCUT2D eigenvalue weighted by molar-refractivity contribution is 6.33. The lowest BCUT2D eigenvalue weighted by molar-refractivity contribution is -0.122. The monoisotopic (exact) mass is 313 g/mol. The quantitative estimate of drug-likeness (QED) is 0.720. The van der Waals surface area contributed by atoms with Crippen molar-refractivity contribution >= 4 is 28.9 Å². The summed E-state index contributed by atoms with van der Waals surface area (Å²) in [7, 11) is 0. The topological polar surface area (TPSA) is 87.8 Å². The van der Waals surface area contributed by atoms with Gasteiger partial charge in [-0.3, -0.25) is 9.69 Å². The molecule has 2 rings (SSSR count). The lowest BCUT2D eigenvalue weighted by Gasteiger charge is -2.36. The fourth-order valence-corrected chi connectivity index (χ4v) is 2.33. The van der Waals surface area contributed by atoms with Crippen molar-refractivity contribution in [1.82, 2.24) is 4.90 Å². The van der Waals surface area contributed by atoms with Crippen molar-refractivity contribution in [3.05, 3.63) is 23.2 Å². The molecule has 0 spiro atoms. The lowest BCUT2D eigenvalue weighted by atomic mass is 10.2. The molecule has 0 aromatic heterocycles. The molecule has 6 nitrogen and oxygen atoms in total. The van der Waals surface area contributed by atoms with Crippen LogP contribution in [0.1, 0.15) is 6.92 Å². The Morgan fingerprint density at radius 2 is 2.38 bits per heavy atom. The van der Waals surface area contributed by atoms with E-state index in [9.17, 15) is 4.79 Å². The maximum atomic E-state index is 12.1. The molecule has 2 unspecified atom stereocenters. The molecule has 1 aliphatic heterocycles. The second-order valence-electron chi connectivity index (χ2n) is 5.20. The number of nitrogens with zero attached hydrogens (tertiary/aromatic N) is 1. The van der Waals surface area contributed by atoms with E-state index in [4.69, 9.17) is 27.2 Å². The number of hydrogen-bond acceptors (Lipinski definition) is 5. The maximum absolute atomic E-state index is 12.1. The number of nitrogens with one attached hydrogen (secondary N) is 1. The van der Waals surface area contributed by atoms with E-state index in [1.165, 1.54) is 0 Å². The summed E-state index contributed by atoms with van der Waals surface area (Å²) in [6.45, 7) is 3.23. The predicted octanol–water partition coefficient (Wildman–Crippen LogP) is 0.942. The van der Waals surface area contributed by atoms with Gasteiger partial charge in [0.15, 0.2) is 0 Å². The molecule has 1 aliphatic rings. The van der Waals surface area contributed by atoms with E-state index in [-0.39, 0.29) is 31.2 Å². The SMILES string of the molecule is CC1COC(CO)CN1CC(=O)Nc1ccc(Cl)c(N)c1. The van der Waals surface area contributed by atoms with Gasteiger partial charge in [0, 0.05) is 18.3 Å². The average Bonchev–Trinajstić information content (AvgIpc) is 2.45. The van der Waals surface area contributed by atoms with Gasteiger partial charge in [0.25, 0.3) is 0 Å². The minimum absolute atomic E-state index is 0.0431. The van der Waals surface area contributed by atoms with Crippen molar-refractivity contribution < 1.29 is 14.6 Å². The summed E-state index contributed by atoms with van der Waals surface area (Å²) in [5.41, 5.74) is 6.74. The highest BCUT2D eigenvalue weighted by Crippen LogP contribution is 2.22. The summed E-state index contributed by atoms with van der Waals surface area (Å²) in [6, 6.07) is 5.11. The highest BCUT2D eigenvalue weighted by Gasteiger charge is 2.27. The van der Waals surface area contributed by atoms with Crippen LogP contribution >= 0.6 is 11.6 Å². The van der Waals surface area contributed by atoms with Crippen LogP contribution in [0.2, 0.25) is 5.02 Å². The molecule has 4 N–H and O–H groups in total. The zero-order chi connectivity index (χ0) is 15.4. The number of ether oxygens (including phenoxy) is 1. The molecular weight excluding hydrogens is 294 g/mol. The summed E-state index contributed by atoms with van der Waals surface area (Å²) in [4.78, 5) is 14.1. The number of nitrogens with two attached hydrogens (primary N) is 1. The smallest absolute Gasteiger partial charge is 0.238 e. The maximum Gasteiger partial charge on any atom is 0.238 e. The largest absolute Gasteiger partial charge is 0.397 e. The zero-order valence-electron chi connectivity index (χ0n) is 11.9. The molecule has 0 saturated carbocycles. The number of benzene rings is 1. The Labute approximate surface area is 128 Å². The van der Waals surface area contributed by atoms with Gasteiger partial charge in [-0.25, -0.2) is 0 Å². The first kappa shape index (κ1) is 16.0. The van der Waals surface area contributed by atoms with Gasteiger partial charge in [0.2, 0.25) is 5.91 Å². The van der Waals surface area contributed by atoms with Gasteiger partial charge in [-0.05, 0) is 25.1 Å². The zero-order valence-corrected chi connectivity index (χ0v) is 12.6. The number of nitrogen functional groups attached to an aromatic ring is 1. The number of carbonyl (C=O) groups is 1. The van der Waals surface area contributed by atoms with Crippen LogP contribution in [0.15, 0.2) is 18.2 Å². The Hall–Kier alpha value is -1.34. The molecule has 0 aliphatic carbocycles. The third-order valence-electron chi connectivity index (χ3n) is 3.46. The van der Waals surface area contributed by atoms with Crippen LogP contribution < -0.4 is 11.1 Å². The number of amides is 1. The van der Waals surface area contributed by atoms with Gasteiger partial charge >= 0.3 is 0 Å². The second-order valence-corrected chi connectivity index (χ2v) is 5.61. The van der Waals surface area contributed by atoms with Gasteiger partial charge in [-0.1, -0.05) is 11.6 Å². The summed E-state index contributed by atoms with van der Waals surface area (Å²) in [5, 5.41) is 12.4. The van der Waals surface area contributed by atoms with E-state index in [2.05, 4.69) is 5.32 Å². The number of hydrogen-bond donors (Lipinski definition) is 3. The first-order chi connectivity index (χ1) is 9.99. The number of halogens is 1. The molecule has 1 aromatic carbocycles. The fourth-order valence-electron chi connectivity index (χ4n) is 2.21. The van der Waals surface area contributed by atoms with Crippen molar-refractivity contribution in [2.45, 2.75) is 19.1 Å². The second kappa shape index (κ2) is 7.09. The normalized spacial score (nSPS) is 23.0. The number of anilines is 2. The van der Waals surface area contributed by atoms with E-state index in [1.54, 1.807) is 18.2 Å². The Balaban J connectivity index is 1.92. The van der Waals surface area contributed by atoms with Crippen LogP contribution in [-0.4, -0.2) is 54.4 Å². The Morgan fingerprint density at radius 1 is 1.62 bits per heavy atom. The van der Waals surface area contributed by atoms with Crippen molar-refractivity contribution in [3.63, 3.8) is 0 Å². The van der Waals surface area contributed by atoms with Crippen molar-refractivity contribution in [1.29, 1.82) is 0 Å². The van der Waals surface area contributed by atoms with E-state index in [1.807, 2.05) is 11.8 Å². The Bertz CT molecular complexity index is 512. The number of rotatable bonds is 4. The molecule has 1 heterocycles. The molecule has 1 aromatic rings. The van der Waals surface area contributed by atoms with Gasteiger partial charge < -0.3 is 20.9 Å². The molecule has 21 heavy (non-hydrogen) atoms. The van der Waals surface area contributed by atoms with E-state index >= 15 is 0 Å². The molecule has 7 heteroatoms. The summed E-state index contributed by atoms with van der Waals surface area (Å²) in [6.07, 6.45) is -0.236. The summed E-state index contributed by atoms with van der Waals surface area (Å²) < 4.78 is 5.44. The number of morpholine rings is 1. The highest BCUT2D eigenvalue weighted by atomic mass is 35.5. The van der Waals surface area contributed by atoms with E-state index in [0.717, 1.165) is 0 Å². The molecule has 1 fully saturated rings. The standard InChI is InChI=1S/C14H20ClN3O3/c1-9-8-21-11(7-19)5-18(9)6-14(20)17-10-2-3-12(15)13(16)4-10/h2-4,9,11,19H,5-8,16H2,1H3,(H,17,20). The van der Waals surface area contributed by atoms with Gasteiger partial charge in [-0.2, -0.15) is 0 Å². The van der Waals surface area contributed by atoms with Gasteiger partial charge in [0.1, 0.15) is 0 Å². The van der Waals surface area contributed by atoms with Crippen LogP contribution in [0, 0.1) is 0 Å². The molecule has 0 bridgehead atoms. The van der Waals surface area contributed by atoms with Crippen LogP contribution in [-0.2, 0) is 9.53 Å². The molecule has 2 atom stereocenters. The molecule has 1 saturated heterocycles. The third kappa shape index (κ3) is 4.31. The van der Waals surface area contributed by atoms with Crippen molar-refractivity contribution in [3.8, 4) is 0 Å². The van der Waals surface area contributed by atoms with Crippen LogP contribution in [0.3, 0.4) is 0 Å². The van der Waals surface area contributed by atoms with E-state index < -0.39 is 0 Å². The predicted molar refractivity (Wildman–Crippen MR) is 82.4 cm³/mol. The first-order valence-electron chi connectivity index (χ1n) is 6.81. The molecule has 0 radical (unpaired) electrons. The van der Waals surface area contributed by atoms with Gasteiger partial charge in [0.05, 0.1) is 36.6 Å². The number of aliphatic hydroxyl groups is 1. The molecule has 1 amide bonds. The first-order valence-corrected chi connectivity index (χ1v) is 7.18. The Morgan fingerprint density at radius 3 is 3.05 bits per heavy atom. The minimum Gasteiger partial charge on any atom is -0.397 e. The van der Waals surface area contributed by atoms with Gasteiger partial charge in [-0.15, -0.1) is 0 Å².